The molecule has 0 aliphatic heterocycles. The van der Waals surface area contributed by atoms with Gasteiger partial charge in [0.2, 0.25) is 5.89 Å². The third kappa shape index (κ3) is 4.18. The van der Waals surface area contributed by atoms with Crippen LogP contribution in [0.1, 0.15) is 33.6 Å². The fourth-order valence-corrected chi connectivity index (χ4v) is 1.84. The van der Waals surface area contributed by atoms with Gasteiger partial charge in [0.25, 0.3) is 0 Å². The Balaban J connectivity index is 0.00000116. The Morgan fingerprint density at radius 1 is 1.41 bits per heavy atom. The molecule has 2 N–H and O–H groups in total. The zero-order chi connectivity index (χ0) is 16.8. The van der Waals surface area contributed by atoms with Gasteiger partial charge in [-0.05, 0) is 32.0 Å². The molecule has 0 bridgehead atoms. The van der Waals surface area contributed by atoms with Gasteiger partial charge in [-0.2, -0.15) is 0 Å². The monoisotopic (exact) mass is 304 g/mol. The minimum atomic E-state index is -0.502. The van der Waals surface area contributed by atoms with Gasteiger partial charge in [-0.15, -0.1) is 6.58 Å². The maximum absolute atomic E-state index is 12.0. The fourth-order valence-electron chi connectivity index (χ4n) is 1.84. The third-order valence-electron chi connectivity index (χ3n) is 2.93. The van der Waals surface area contributed by atoms with E-state index in [1.807, 2.05) is 27.7 Å². The molecule has 5 nitrogen and oxygen atoms in total. The first-order valence-electron chi connectivity index (χ1n) is 7.33. The van der Waals surface area contributed by atoms with Crippen molar-refractivity contribution < 1.29 is 9.15 Å². The zero-order valence-corrected chi connectivity index (χ0v) is 13.7. The predicted molar refractivity (Wildman–Crippen MR) is 90.1 cm³/mol. The molecule has 0 fully saturated rings. The van der Waals surface area contributed by atoms with E-state index in [1.165, 1.54) is 0 Å². The smallest absolute Gasteiger partial charge is 0.346 e. The van der Waals surface area contributed by atoms with E-state index in [1.54, 1.807) is 24.3 Å². The van der Waals surface area contributed by atoms with Crippen molar-refractivity contribution in [1.29, 1.82) is 0 Å². The van der Waals surface area contributed by atoms with Crippen LogP contribution in [-0.4, -0.2) is 18.2 Å². The summed E-state index contributed by atoms with van der Waals surface area (Å²) in [6.45, 7) is 12.2. The van der Waals surface area contributed by atoms with Crippen molar-refractivity contribution in [3.63, 3.8) is 0 Å². The number of nitrogens with two attached hydrogens (primary N) is 1. The largest absolute Gasteiger partial charge is 0.407 e. The SMILES string of the molecule is C=CCOCC(C)(C)c1nc2ccc(N)cc2c(=O)o1.CC. The summed E-state index contributed by atoms with van der Waals surface area (Å²) in [6, 6.07) is 4.99. The van der Waals surface area contributed by atoms with E-state index in [-0.39, 0.29) is 0 Å². The lowest BCUT2D eigenvalue weighted by atomic mass is 9.94. The van der Waals surface area contributed by atoms with Crippen LogP contribution in [0, 0.1) is 0 Å². The molecule has 2 rings (SSSR count). The second-order valence-corrected chi connectivity index (χ2v) is 5.27. The number of anilines is 1. The van der Waals surface area contributed by atoms with Gasteiger partial charge in [0.15, 0.2) is 0 Å². The first-order chi connectivity index (χ1) is 10.4. The first kappa shape index (κ1) is 17.9. The minimum Gasteiger partial charge on any atom is -0.407 e. The lowest BCUT2D eigenvalue weighted by Crippen LogP contribution is -2.27. The van der Waals surface area contributed by atoms with Crippen molar-refractivity contribution in [2.45, 2.75) is 33.1 Å². The molecule has 22 heavy (non-hydrogen) atoms. The van der Waals surface area contributed by atoms with Crippen LogP contribution in [0.15, 0.2) is 40.1 Å². The molecule has 0 atom stereocenters. The molecule has 0 aliphatic rings. The van der Waals surface area contributed by atoms with Crippen molar-refractivity contribution in [3.05, 3.63) is 47.2 Å². The number of fused-ring (bicyclic) bond motifs is 1. The van der Waals surface area contributed by atoms with Crippen LogP contribution in [0.25, 0.3) is 10.9 Å². The average molecular weight is 304 g/mol. The van der Waals surface area contributed by atoms with Gasteiger partial charge in [0, 0.05) is 5.69 Å². The van der Waals surface area contributed by atoms with E-state index in [0.29, 0.717) is 35.7 Å². The molecule has 0 saturated heterocycles. The standard InChI is InChI=1S/C15H18N2O3.C2H6/c1-4-7-19-9-15(2,3)14-17-12-6-5-10(16)8-11(12)13(18)20-14;1-2/h4-6,8H,1,7,9,16H2,2-3H3;1-2H3. The second-order valence-electron chi connectivity index (χ2n) is 5.27. The molecule has 1 aromatic carbocycles. The van der Waals surface area contributed by atoms with Crippen LogP contribution in [0.2, 0.25) is 0 Å². The van der Waals surface area contributed by atoms with E-state index < -0.39 is 11.0 Å². The highest BCUT2D eigenvalue weighted by Gasteiger charge is 2.27. The molecule has 0 unspecified atom stereocenters. The molecule has 1 heterocycles. The predicted octanol–water partition coefficient (Wildman–Crippen LogP) is 3.28. The maximum Gasteiger partial charge on any atom is 0.346 e. The number of hydrogen-bond donors (Lipinski definition) is 1. The Labute approximate surface area is 130 Å². The topological polar surface area (TPSA) is 78.4 Å². The third-order valence-corrected chi connectivity index (χ3v) is 2.93. The lowest BCUT2D eigenvalue weighted by Gasteiger charge is -2.21. The zero-order valence-electron chi connectivity index (χ0n) is 13.7. The van der Waals surface area contributed by atoms with Crippen LogP contribution in [0.3, 0.4) is 0 Å². The van der Waals surface area contributed by atoms with E-state index in [9.17, 15) is 4.79 Å². The van der Waals surface area contributed by atoms with Crippen molar-refractivity contribution in [3.8, 4) is 0 Å². The molecule has 0 amide bonds. The normalized spacial score (nSPS) is 10.9. The number of aromatic nitrogens is 1. The highest BCUT2D eigenvalue weighted by Crippen LogP contribution is 2.23. The molecular weight excluding hydrogens is 280 g/mol. The summed E-state index contributed by atoms with van der Waals surface area (Å²) in [5, 5.41) is 0.386. The van der Waals surface area contributed by atoms with Gasteiger partial charge in [0.05, 0.1) is 29.5 Å². The summed E-state index contributed by atoms with van der Waals surface area (Å²) in [6.07, 6.45) is 1.67. The van der Waals surface area contributed by atoms with E-state index in [4.69, 9.17) is 14.9 Å². The van der Waals surface area contributed by atoms with E-state index >= 15 is 0 Å². The number of rotatable bonds is 5. The quantitative estimate of drug-likeness (QED) is 0.521. The van der Waals surface area contributed by atoms with Crippen LogP contribution in [0.4, 0.5) is 5.69 Å². The van der Waals surface area contributed by atoms with Gasteiger partial charge in [-0.3, -0.25) is 0 Å². The molecule has 0 aliphatic carbocycles. The lowest BCUT2D eigenvalue weighted by molar-refractivity contribution is 0.103. The summed E-state index contributed by atoms with van der Waals surface area (Å²) < 4.78 is 10.7. The highest BCUT2D eigenvalue weighted by molar-refractivity contribution is 5.80. The molecule has 0 radical (unpaired) electrons. The van der Waals surface area contributed by atoms with Crippen molar-refractivity contribution in [2.75, 3.05) is 18.9 Å². The molecule has 1 aromatic heterocycles. The highest BCUT2D eigenvalue weighted by atomic mass is 16.5. The summed E-state index contributed by atoms with van der Waals surface area (Å²) in [4.78, 5) is 16.4. The molecular formula is C17H24N2O3. The molecule has 5 heteroatoms. The number of benzene rings is 1. The number of hydrogen-bond acceptors (Lipinski definition) is 5. The van der Waals surface area contributed by atoms with Crippen LogP contribution in [-0.2, 0) is 10.2 Å². The van der Waals surface area contributed by atoms with Gasteiger partial charge in [-0.25, -0.2) is 9.78 Å². The van der Waals surface area contributed by atoms with E-state index in [2.05, 4.69) is 11.6 Å². The van der Waals surface area contributed by atoms with Crippen molar-refractivity contribution in [2.24, 2.45) is 0 Å². The van der Waals surface area contributed by atoms with Gasteiger partial charge in [-0.1, -0.05) is 19.9 Å². The van der Waals surface area contributed by atoms with Crippen LogP contribution >= 0.6 is 0 Å². The fraction of sp³-hybridized carbons (Fsp3) is 0.412. The van der Waals surface area contributed by atoms with Crippen LogP contribution < -0.4 is 11.4 Å². The Hall–Kier alpha value is -2.14. The number of ether oxygens (including phenoxy) is 1. The van der Waals surface area contributed by atoms with Gasteiger partial charge in [0.1, 0.15) is 0 Å². The van der Waals surface area contributed by atoms with Gasteiger partial charge >= 0.3 is 5.63 Å². The average Bonchev–Trinajstić information content (AvgIpc) is 2.50. The summed E-state index contributed by atoms with van der Waals surface area (Å²) in [7, 11) is 0. The summed E-state index contributed by atoms with van der Waals surface area (Å²) in [5.74, 6) is 0.351. The van der Waals surface area contributed by atoms with Crippen molar-refractivity contribution in [1.82, 2.24) is 4.98 Å². The van der Waals surface area contributed by atoms with Crippen molar-refractivity contribution >= 4 is 16.6 Å². The second kappa shape index (κ2) is 7.75. The molecule has 120 valence electrons. The molecule has 2 aromatic rings. The molecule has 0 saturated carbocycles. The maximum atomic E-state index is 12.0. The molecule has 0 spiro atoms. The Morgan fingerprint density at radius 2 is 2.09 bits per heavy atom. The van der Waals surface area contributed by atoms with E-state index in [0.717, 1.165) is 0 Å². The van der Waals surface area contributed by atoms with Crippen LogP contribution in [0.5, 0.6) is 0 Å². The minimum absolute atomic E-state index is 0.351. The summed E-state index contributed by atoms with van der Waals surface area (Å²) >= 11 is 0. The number of nitrogens with zero attached hydrogens (tertiary/aromatic N) is 1. The number of nitrogen functional groups attached to an aromatic ring is 1. The Bertz CT molecular complexity index is 690. The van der Waals surface area contributed by atoms with Gasteiger partial charge < -0.3 is 14.9 Å². The Morgan fingerprint density at radius 3 is 2.73 bits per heavy atom. The Kier molecular flexibility index (Phi) is 6.31. The summed E-state index contributed by atoms with van der Waals surface area (Å²) in [5.41, 5.74) is 5.80. The first-order valence-corrected chi connectivity index (χ1v) is 7.33.